The zero-order valence-electron chi connectivity index (χ0n) is 11.0. The van der Waals surface area contributed by atoms with Crippen LogP contribution in [0.15, 0.2) is 34.8 Å². The lowest BCUT2D eigenvalue weighted by atomic mass is 10.2. The van der Waals surface area contributed by atoms with Gasteiger partial charge < -0.3 is 5.32 Å². The van der Waals surface area contributed by atoms with Crippen LogP contribution in [-0.4, -0.2) is 4.98 Å². The summed E-state index contributed by atoms with van der Waals surface area (Å²) in [6, 6.07) is 9.41. The van der Waals surface area contributed by atoms with Crippen molar-refractivity contribution in [3.63, 3.8) is 0 Å². The van der Waals surface area contributed by atoms with E-state index in [1.165, 1.54) is 11.6 Å². The van der Waals surface area contributed by atoms with Crippen LogP contribution in [0.25, 0.3) is 10.2 Å². The van der Waals surface area contributed by atoms with E-state index in [0.29, 0.717) is 4.47 Å². The van der Waals surface area contributed by atoms with Crippen molar-refractivity contribution in [3.05, 3.63) is 51.7 Å². The summed E-state index contributed by atoms with van der Waals surface area (Å²) >= 11 is 4.75. The number of aromatic nitrogens is 1. The minimum atomic E-state index is -0.282. The summed E-state index contributed by atoms with van der Waals surface area (Å²) in [6.07, 6.45) is 0. The van der Waals surface area contributed by atoms with Crippen LogP contribution >= 0.6 is 27.3 Å². The molecule has 0 aliphatic heterocycles. The van der Waals surface area contributed by atoms with E-state index in [4.69, 9.17) is 0 Å². The molecule has 0 unspecified atom stereocenters. The van der Waals surface area contributed by atoms with Crippen molar-refractivity contribution in [2.45, 2.75) is 13.8 Å². The Hall–Kier alpha value is -1.46. The Labute approximate surface area is 128 Å². The molecule has 0 amide bonds. The van der Waals surface area contributed by atoms with Gasteiger partial charge in [0.2, 0.25) is 0 Å². The molecule has 0 spiro atoms. The molecule has 0 aliphatic rings. The van der Waals surface area contributed by atoms with Gasteiger partial charge in [-0.05, 0) is 65.2 Å². The van der Waals surface area contributed by atoms with Gasteiger partial charge in [-0.2, -0.15) is 0 Å². The molecule has 3 rings (SSSR count). The molecule has 1 heterocycles. The molecule has 2 aromatic carbocycles. The molecule has 5 heteroatoms. The van der Waals surface area contributed by atoms with E-state index in [-0.39, 0.29) is 5.82 Å². The SMILES string of the molecule is Cc1ccc2sc(Nc3cc(F)c(Br)cc3C)nc2c1. The molecule has 102 valence electrons. The van der Waals surface area contributed by atoms with Crippen molar-refractivity contribution in [2.75, 3.05) is 5.32 Å². The zero-order valence-corrected chi connectivity index (χ0v) is 13.4. The van der Waals surface area contributed by atoms with Crippen molar-refractivity contribution >= 4 is 48.3 Å². The Morgan fingerprint density at radius 1 is 1.20 bits per heavy atom. The van der Waals surface area contributed by atoms with Crippen LogP contribution < -0.4 is 5.32 Å². The Kier molecular flexibility index (Phi) is 3.48. The Morgan fingerprint density at radius 3 is 2.80 bits per heavy atom. The third kappa shape index (κ3) is 2.55. The van der Waals surface area contributed by atoms with Crippen LogP contribution in [-0.2, 0) is 0 Å². The lowest BCUT2D eigenvalue weighted by molar-refractivity contribution is 0.621. The summed E-state index contributed by atoms with van der Waals surface area (Å²) in [5, 5.41) is 3.97. The van der Waals surface area contributed by atoms with Crippen molar-refractivity contribution in [1.82, 2.24) is 4.98 Å². The normalized spacial score (nSPS) is 11.0. The number of rotatable bonds is 2. The van der Waals surface area contributed by atoms with Gasteiger partial charge in [-0.25, -0.2) is 9.37 Å². The number of benzene rings is 2. The first-order chi connectivity index (χ1) is 9.52. The van der Waals surface area contributed by atoms with Gasteiger partial charge in [-0.1, -0.05) is 17.4 Å². The number of nitrogens with zero attached hydrogens (tertiary/aromatic N) is 1. The molecule has 0 saturated heterocycles. The Balaban J connectivity index is 1.99. The third-order valence-electron chi connectivity index (χ3n) is 3.05. The molecular formula is C15H12BrFN2S. The first-order valence-electron chi connectivity index (χ1n) is 6.13. The molecule has 0 bridgehead atoms. The second-order valence-electron chi connectivity index (χ2n) is 4.70. The minimum Gasteiger partial charge on any atom is -0.331 e. The topological polar surface area (TPSA) is 24.9 Å². The molecule has 2 nitrogen and oxygen atoms in total. The summed E-state index contributed by atoms with van der Waals surface area (Å²) in [5.74, 6) is -0.282. The van der Waals surface area contributed by atoms with E-state index in [2.05, 4.69) is 38.4 Å². The van der Waals surface area contributed by atoms with Gasteiger partial charge in [0, 0.05) is 5.69 Å². The van der Waals surface area contributed by atoms with E-state index >= 15 is 0 Å². The van der Waals surface area contributed by atoms with E-state index in [9.17, 15) is 4.39 Å². The number of hydrogen-bond donors (Lipinski definition) is 1. The van der Waals surface area contributed by atoms with Crippen LogP contribution in [0, 0.1) is 19.7 Å². The maximum absolute atomic E-state index is 13.6. The van der Waals surface area contributed by atoms with Crippen LogP contribution in [0.1, 0.15) is 11.1 Å². The van der Waals surface area contributed by atoms with Crippen molar-refractivity contribution < 1.29 is 4.39 Å². The largest absolute Gasteiger partial charge is 0.331 e. The van der Waals surface area contributed by atoms with E-state index < -0.39 is 0 Å². The molecule has 0 atom stereocenters. The highest BCUT2D eigenvalue weighted by molar-refractivity contribution is 9.10. The lowest BCUT2D eigenvalue weighted by Gasteiger charge is -2.07. The smallest absolute Gasteiger partial charge is 0.188 e. The quantitative estimate of drug-likeness (QED) is 0.654. The number of fused-ring (bicyclic) bond motifs is 1. The molecule has 0 saturated carbocycles. The standard InChI is InChI=1S/C15H12BrFN2S/c1-8-3-4-14-13(5-8)19-15(20-14)18-12-7-11(17)10(16)6-9(12)2/h3-7H,1-2H3,(H,18,19). The van der Waals surface area contributed by atoms with Crippen molar-refractivity contribution in [3.8, 4) is 0 Å². The van der Waals surface area contributed by atoms with Gasteiger partial charge in [0.1, 0.15) is 5.82 Å². The highest BCUT2D eigenvalue weighted by Crippen LogP contribution is 2.31. The molecule has 1 N–H and O–H groups in total. The zero-order chi connectivity index (χ0) is 14.3. The molecule has 20 heavy (non-hydrogen) atoms. The monoisotopic (exact) mass is 350 g/mol. The number of hydrogen-bond acceptors (Lipinski definition) is 3. The highest BCUT2D eigenvalue weighted by atomic mass is 79.9. The number of halogens is 2. The van der Waals surface area contributed by atoms with Crippen LogP contribution in [0.5, 0.6) is 0 Å². The summed E-state index contributed by atoms with van der Waals surface area (Å²) in [7, 11) is 0. The summed E-state index contributed by atoms with van der Waals surface area (Å²) in [4.78, 5) is 4.54. The number of thiazole rings is 1. The molecule has 0 fully saturated rings. The third-order valence-corrected chi connectivity index (χ3v) is 4.61. The number of nitrogens with one attached hydrogen (secondary N) is 1. The molecule has 1 aromatic heterocycles. The van der Waals surface area contributed by atoms with Gasteiger partial charge in [0.25, 0.3) is 0 Å². The molecule has 0 radical (unpaired) electrons. The number of anilines is 2. The van der Waals surface area contributed by atoms with Crippen molar-refractivity contribution in [2.24, 2.45) is 0 Å². The van der Waals surface area contributed by atoms with Gasteiger partial charge in [0.15, 0.2) is 5.13 Å². The predicted molar refractivity (Wildman–Crippen MR) is 86.5 cm³/mol. The number of aryl methyl sites for hydroxylation is 2. The fourth-order valence-electron chi connectivity index (χ4n) is 1.99. The summed E-state index contributed by atoms with van der Waals surface area (Å²) in [6.45, 7) is 3.98. The predicted octanol–water partition coefficient (Wildman–Crippen LogP) is 5.56. The average molecular weight is 351 g/mol. The minimum absolute atomic E-state index is 0.282. The average Bonchev–Trinajstić information content (AvgIpc) is 2.77. The van der Waals surface area contributed by atoms with E-state index in [0.717, 1.165) is 26.6 Å². The van der Waals surface area contributed by atoms with Crippen LogP contribution in [0.2, 0.25) is 0 Å². The van der Waals surface area contributed by atoms with E-state index in [1.54, 1.807) is 17.4 Å². The Bertz CT molecular complexity index is 798. The second-order valence-corrected chi connectivity index (χ2v) is 6.58. The first-order valence-corrected chi connectivity index (χ1v) is 7.74. The maximum atomic E-state index is 13.6. The Morgan fingerprint density at radius 2 is 2.00 bits per heavy atom. The molecular weight excluding hydrogens is 339 g/mol. The van der Waals surface area contributed by atoms with Gasteiger partial charge in [0.05, 0.1) is 14.7 Å². The fourth-order valence-corrected chi connectivity index (χ4v) is 3.30. The van der Waals surface area contributed by atoms with Crippen molar-refractivity contribution in [1.29, 1.82) is 0 Å². The summed E-state index contributed by atoms with van der Waals surface area (Å²) < 4.78 is 15.2. The highest BCUT2D eigenvalue weighted by Gasteiger charge is 2.08. The van der Waals surface area contributed by atoms with Gasteiger partial charge in [-0.15, -0.1) is 0 Å². The lowest BCUT2D eigenvalue weighted by Crippen LogP contribution is -1.94. The van der Waals surface area contributed by atoms with E-state index in [1.807, 2.05) is 19.9 Å². The maximum Gasteiger partial charge on any atom is 0.188 e. The molecule has 0 aliphatic carbocycles. The second kappa shape index (κ2) is 5.14. The van der Waals surface area contributed by atoms with Crippen LogP contribution in [0.3, 0.4) is 0 Å². The van der Waals surface area contributed by atoms with Gasteiger partial charge in [-0.3, -0.25) is 0 Å². The summed E-state index contributed by atoms with van der Waals surface area (Å²) in [5.41, 5.74) is 3.85. The fraction of sp³-hybridized carbons (Fsp3) is 0.133. The molecule has 3 aromatic rings. The van der Waals surface area contributed by atoms with Crippen LogP contribution in [0.4, 0.5) is 15.2 Å². The first kappa shape index (κ1) is 13.5. The van der Waals surface area contributed by atoms with Gasteiger partial charge >= 0.3 is 0 Å².